The topological polar surface area (TPSA) is 149 Å². The van der Waals surface area contributed by atoms with Crippen LogP contribution in [0.3, 0.4) is 0 Å². The van der Waals surface area contributed by atoms with Crippen LogP contribution in [0.2, 0.25) is 0 Å². The number of anilines is 1. The molecule has 0 bridgehead atoms. The van der Waals surface area contributed by atoms with E-state index in [-0.39, 0.29) is 36.9 Å². The highest BCUT2D eigenvalue weighted by Gasteiger charge is 2.18. The van der Waals surface area contributed by atoms with Crippen LogP contribution in [-0.4, -0.2) is 70.0 Å². The Morgan fingerprint density at radius 1 is 1.24 bits per heavy atom. The zero-order valence-corrected chi connectivity index (χ0v) is 19.3. The molecule has 0 aliphatic carbocycles. The molecule has 3 aromatic rings. The molecule has 1 saturated heterocycles. The first kappa shape index (κ1) is 23.7. The number of methoxy groups -OCH3 is 1. The standard InChI is InChI=1S/C23H31N7O4/c1-33-12-13-34-22-28-19(24)18-20(29-22)30(23(32)27-18)14-15-5-7-16(8-6-15)21(31)26-11-9-17-4-2-3-10-25-17/h5-8,17,25H,2-4,9-14H2,1H3,(H,26,31)(H,27,32)(H2,24,28,29). The summed E-state index contributed by atoms with van der Waals surface area (Å²) in [5, 5.41) is 16.8. The number of benzene rings is 1. The summed E-state index contributed by atoms with van der Waals surface area (Å²) in [6, 6.07) is 7.54. The van der Waals surface area contributed by atoms with Gasteiger partial charge in [-0.25, -0.2) is 0 Å². The largest absolute Gasteiger partial charge is 0.480 e. The van der Waals surface area contributed by atoms with Crippen molar-refractivity contribution < 1.29 is 19.4 Å². The molecule has 1 aromatic carbocycles. The molecule has 11 nitrogen and oxygen atoms in total. The van der Waals surface area contributed by atoms with Crippen LogP contribution < -0.4 is 21.1 Å². The fraction of sp³-hybridized carbons (Fsp3) is 0.478. The molecule has 5 N–H and O–H groups in total. The van der Waals surface area contributed by atoms with Gasteiger partial charge >= 0.3 is 6.01 Å². The summed E-state index contributed by atoms with van der Waals surface area (Å²) < 4.78 is 11.9. The molecule has 182 valence electrons. The molecule has 4 rings (SSSR count). The van der Waals surface area contributed by atoms with Gasteiger partial charge in [0, 0.05) is 25.3 Å². The SMILES string of the molecule is COCCOc1nc(N)c2nc(O)n(Cc3ccc(C(=O)NCCC4CCCCN4)cc3)c2n1. The molecule has 1 unspecified atom stereocenters. The number of hydrogen-bond acceptors (Lipinski definition) is 9. The average Bonchev–Trinajstić information content (AvgIpc) is 3.16. The first-order valence-corrected chi connectivity index (χ1v) is 11.5. The van der Waals surface area contributed by atoms with Crippen LogP contribution in [0.1, 0.15) is 41.6 Å². The van der Waals surface area contributed by atoms with Crippen LogP contribution in [-0.2, 0) is 11.3 Å². The molecule has 2 aromatic heterocycles. The van der Waals surface area contributed by atoms with Gasteiger partial charge in [-0.1, -0.05) is 18.6 Å². The summed E-state index contributed by atoms with van der Waals surface area (Å²) >= 11 is 0. The number of hydrogen-bond donors (Lipinski definition) is 4. The van der Waals surface area contributed by atoms with Gasteiger partial charge in [0.2, 0.25) is 0 Å². The number of amides is 1. The van der Waals surface area contributed by atoms with Crippen LogP contribution in [0.5, 0.6) is 12.0 Å². The fourth-order valence-corrected chi connectivity index (χ4v) is 3.99. The number of nitrogens with two attached hydrogens (primary N) is 1. The van der Waals surface area contributed by atoms with E-state index in [2.05, 4.69) is 25.6 Å². The van der Waals surface area contributed by atoms with Gasteiger partial charge in [0.15, 0.2) is 17.0 Å². The third-order valence-electron chi connectivity index (χ3n) is 5.85. The van der Waals surface area contributed by atoms with Crippen molar-refractivity contribution in [2.75, 3.05) is 39.1 Å². The molecular formula is C23H31N7O4. The van der Waals surface area contributed by atoms with E-state index in [9.17, 15) is 9.90 Å². The number of rotatable bonds is 10. The van der Waals surface area contributed by atoms with Gasteiger partial charge in [-0.3, -0.25) is 9.36 Å². The number of piperidine rings is 1. The zero-order chi connectivity index (χ0) is 23.9. The maximum absolute atomic E-state index is 12.5. The maximum Gasteiger partial charge on any atom is 0.320 e. The number of ether oxygens (including phenoxy) is 2. The molecule has 1 aliphatic rings. The normalized spacial score (nSPS) is 16.0. The van der Waals surface area contributed by atoms with E-state index >= 15 is 0 Å². The highest BCUT2D eigenvalue weighted by atomic mass is 16.5. The Morgan fingerprint density at radius 2 is 2.06 bits per heavy atom. The summed E-state index contributed by atoms with van der Waals surface area (Å²) in [6.45, 7) is 2.63. The minimum atomic E-state index is -0.233. The number of aromatic hydroxyl groups is 1. The summed E-state index contributed by atoms with van der Waals surface area (Å²) in [5.41, 5.74) is 8.07. The van der Waals surface area contributed by atoms with Crippen LogP contribution in [0.15, 0.2) is 24.3 Å². The lowest BCUT2D eigenvalue weighted by Gasteiger charge is -2.23. The first-order chi connectivity index (χ1) is 16.5. The van der Waals surface area contributed by atoms with Gasteiger partial charge in [0.25, 0.3) is 11.9 Å². The molecule has 1 atom stereocenters. The molecule has 11 heteroatoms. The predicted molar refractivity (Wildman–Crippen MR) is 127 cm³/mol. The van der Waals surface area contributed by atoms with Gasteiger partial charge in [-0.05, 0) is 43.5 Å². The minimum absolute atomic E-state index is 0.0821. The zero-order valence-electron chi connectivity index (χ0n) is 19.3. The monoisotopic (exact) mass is 469 g/mol. The molecule has 0 saturated carbocycles. The highest BCUT2D eigenvalue weighted by molar-refractivity contribution is 5.94. The lowest BCUT2D eigenvalue weighted by Crippen LogP contribution is -2.37. The van der Waals surface area contributed by atoms with E-state index in [0.717, 1.165) is 24.9 Å². The first-order valence-electron chi connectivity index (χ1n) is 11.5. The quantitative estimate of drug-likeness (QED) is 0.324. The lowest BCUT2D eigenvalue weighted by molar-refractivity contribution is 0.0951. The molecular weight excluding hydrogens is 438 g/mol. The second-order valence-corrected chi connectivity index (χ2v) is 8.29. The lowest BCUT2D eigenvalue weighted by atomic mass is 10.0. The van der Waals surface area contributed by atoms with Crippen molar-refractivity contribution in [3.05, 3.63) is 35.4 Å². The van der Waals surface area contributed by atoms with Gasteiger partial charge in [0.05, 0.1) is 13.2 Å². The smallest absolute Gasteiger partial charge is 0.320 e. The number of carbonyl (C=O) groups is 1. The average molecular weight is 470 g/mol. The Kier molecular flexibility index (Phi) is 7.76. The molecule has 1 amide bonds. The van der Waals surface area contributed by atoms with Crippen LogP contribution >= 0.6 is 0 Å². The summed E-state index contributed by atoms with van der Waals surface area (Å²) in [7, 11) is 1.57. The fourth-order valence-electron chi connectivity index (χ4n) is 3.99. The number of carbonyl (C=O) groups excluding carboxylic acids is 1. The van der Waals surface area contributed by atoms with Crippen LogP contribution in [0, 0.1) is 0 Å². The second-order valence-electron chi connectivity index (χ2n) is 8.29. The van der Waals surface area contributed by atoms with E-state index in [1.165, 1.54) is 17.4 Å². The maximum atomic E-state index is 12.5. The second kappa shape index (κ2) is 11.1. The van der Waals surface area contributed by atoms with Crippen molar-refractivity contribution in [1.82, 2.24) is 30.2 Å². The number of nitrogen functional groups attached to an aromatic ring is 1. The molecule has 1 aliphatic heterocycles. The Morgan fingerprint density at radius 3 is 2.79 bits per heavy atom. The number of imidazole rings is 1. The predicted octanol–water partition coefficient (Wildman–Crippen LogP) is 1.45. The van der Waals surface area contributed by atoms with Gasteiger partial charge < -0.3 is 30.9 Å². The summed E-state index contributed by atoms with van der Waals surface area (Å²) in [4.78, 5) is 25.0. The van der Waals surface area contributed by atoms with Crippen molar-refractivity contribution in [2.24, 2.45) is 0 Å². The van der Waals surface area contributed by atoms with E-state index in [1.807, 2.05) is 12.1 Å². The van der Waals surface area contributed by atoms with Gasteiger partial charge in [0.1, 0.15) is 6.61 Å². The number of nitrogens with zero attached hydrogens (tertiary/aromatic N) is 4. The summed E-state index contributed by atoms with van der Waals surface area (Å²) in [6.07, 6.45) is 4.57. The third-order valence-corrected chi connectivity index (χ3v) is 5.85. The van der Waals surface area contributed by atoms with Crippen LogP contribution in [0.25, 0.3) is 11.2 Å². The van der Waals surface area contributed by atoms with Gasteiger partial charge in [-0.2, -0.15) is 15.0 Å². The van der Waals surface area contributed by atoms with Crippen molar-refractivity contribution in [2.45, 2.75) is 38.3 Å². The third kappa shape index (κ3) is 5.72. The van der Waals surface area contributed by atoms with Crippen molar-refractivity contribution in [3.8, 4) is 12.0 Å². The highest BCUT2D eigenvalue weighted by Crippen LogP contribution is 2.25. The van der Waals surface area contributed by atoms with Crippen LogP contribution in [0.4, 0.5) is 5.82 Å². The molecule has 0 spiro atoms. The van der Waals surface area contributed by atoms with E-state index in [0.29, 0.717) is 35.9 Å². The van der Waals surface area contributed by atoms with Crippen molar-refractivity contribution in [3.63, 3.8) is 0 Å². The Labute approximate surface area is 197 Å². The number of aromatic nitrogens is 4. The Bertz CT molecular complexity index is 1110. The molecule has 0 radical (unpaired) electrons. The van der Waals surface area contributed by atoms with Crippen molar-refractivity contribution >= 4 is 22.9 Å². The number of fused-ring (bicyclic) bond motifs is 1. The van der Waals surface area contributed by atoms with E-state index in [4.69, 9.17) is 15.2 Å². The molecule has 3 heterocycles. The number of nitrogens with one attached hydrogen (secondary N) is 2. The Hall–Kier alpha value is -3.44. The van der Waals surface area contributed by atoms with E-state index < -0.39 is 0 Å². The van der Waals surface area contributed by atoms with Gasteiger partial charge in [-0.15, -0.1) is 0 Å². The van der Waals surface area contributed by atoms with E-state index in [1.54, 1.807) is 19.2 Å². The Balaban J connectivity index is 1.40. The molecule has 34 heavy (non-hydrogen) atoms. The van der Waals surface area contributed by atoms with Crippen molar-refractivity contribution in [1.29, 1.82) is 0 Å². The minimum Gasteiger partial charge on any atom is -0.480 e. The molecule has 1 fully saturated rings. The summed E-state index contributed by atoms with van der Waals surface area (Å²) in [5.74, 6) is 0.0126.